The highest BCUT2D eigenvalue weighted by atomic mass is 16.6. The monoisotopic (exact) mass is 803 g/mol. The summed E-state index contributed by atoms with van der Waals surface area (Å²) in [5, 5.41) is 9.60. The third-order valence-corrected chi connectivity index (χ3v) is 9.56. The number of allylic oxidation sites excluding steroid dienone is 18. The molecule has 0 aromatic heterocycles. The van der Waals surface area contributed by atoms with Crippen LogP contribution in [0.25, 0.3) is 0 Å². The number of aliphatic hydroxyl groups is 1. The van der Waals surface area contributed by atoms with E-state index >= 15 is 0 Å². The molecule has 0 aliphatic carbocycles. The minimum atomic E-state index is -0.791. The zero-order valence-corrected chi connectivity index (χ0v) is 37.3. The summed E-state index contributed by atoms with van der Waals surface area (Å²) in [6.45, 7) is 3.88. The molecular weight excluding hydrogens is 717 g/mol. The predicted molar refractivity (Wildman–Crippen MR) is 251 cm³/mol. The van der Waals surface area contributed by atoms with E-state index in [1.54, 1.807) is 0 Å². The van der Waals surface area contributed by atoms with E-state index in [4.69, 9.17) is 9.47 Å². The van der Waals surface area contributed by atoms with Crippen LogP contribution in [0.2, 0.25) is 0 Å². The minimum absolute atomic E-state index is 0.0861. The Labute approximate surface area is 357 Å². The SMILES string of the molecule is CC/C=C\C/C=C\C/C=C\C/C=C\C/C=C\CCCCCCCCCCCCCC(=O)OC(CO)COC(=O)CCCCCC/C=C\C/C=C\C/C=C\C/C=C\CC. The van der Waals surface area contributed by atoms with Gasteiger partial charge in [-0.1, -0.05) is 194 Å². The van der Waals surface area contributed by atoms with Crippen molar-refractivity contribution >= 4 is 11.9 Å². The van der Waals surface area contributed by atoms with E-state index in [1.807, 2.05) is 0 Å². The topological polar surface area (TPSA) is 72.8 Å². The van der Waals surface area contributed by atoms with Crippen LogP contribution in [0.4, 0.5) is 0 Å². The van der Waals surface area contributed by atoms with Crippen molar-refractivity contribution in [2.45, 2.75) is 200 Å². The molecule has 1 N–H and O–H groups in total. The number of esters is 2. The van der Waals surface area contributed by atoms with Gasteiger partial charge in [-0.2, -0.15) is 0 Å². The van der Waals surface area contributed by atoms with Gasteiger partial charge in [0.15, 0.2) is 6.10 Å². The van der Waals surface area contributed by atoms with Gasteiger partial charge in [-0.3, -0.25) is 9.59 Å². The van der Waals surface area contributed by atoms with Crippen molar-refractivity contribution in [1.29, 1.82) is 0 Å². The summed E-state index contributed by atoms with van der Waals surface area (Å²) in [5.74, 6) is -0.629. The molecule has 0 aromatic carbocycles. The molecule has 0 spiro atoms. The van der Waals surface area contributed by atoms with Crippen LogP contribution < -0.4 is 0 Å². The van der Waals surface area contributed by atoms with Crippen molar-refractivity contribution in [2.75, 3.05) is 13.2 Å². The molecule has 0 rings (SSSR count). The molecular formula is C53H86O5. The van der Waals surface area contributed by atoms with Crippen molar-refractivity contribution < 1.29 is 24.2 Å². The Morgan fingerprint density at radius 1 is 0.397 bits per heavy atom. The summed E-state index contributed by atoms with van der Waals surface area (Å²) in [6.07, 6.45) is 68.8. The number of rotatable bonds is 41. The largest absolute Gasteiger partial charge is 0.462 e. The van der Waals surface area contributed by atoms with Crippen LogP contribution in [-0.4, -0.2) is 36.4 Å². The summed E-state index contributed by atoms with van der Waals surface area (Å²) < 4.78 is 10.6. The molecule has 328 valence electrons. The number of carbonyl (C=O) groups is 2. The number of unbranched alkanes of at least 4 members (excludes halogenated alkanes) is 15. The minimum Gasteiger partial charge on any atom is -0.462 e. The summed E-state index contributed by atoms with van der Waals surface area (Å²) in [4.78, 5) is 24.4. The first-order valence-corrected chi connectivity index (χ1v) is 23.4. The van der Waals surface area contributed by atoms with Crippen LogP contribution in [0.15, 0.2) is 109 Å². The lowest BCUT2D eigenvalue weighted by Gasteiger charge is -2.15. The fraction of sp³-hybridized carbons (Fsp3) is 0.623. The third-order valence-electron chi connectivity index (χ3n) is 9.56. The summed E-state index contributed by atoms with van der Waals surface area (Å²) in [7, 11) is 0. The van der Waals surface area contributed by atoms with Crippen LogP contribution in [0, 0.1) is 0 Å². The maximum atomic E-state index is 12.2. The normalized spacial score (nSPS) is 13.2. The number of hydrogen-bond donors (Lipinski definition) is 1. The van der Waals surface area contributed by atoms with Crippen molar-refractivity contribution in [3.63, 3.8) is 0 Å². The second kappa shape index (κ2) is 47.9. The van der Waals surface area contributed by atoms with Crippen LogP contribution in [0.5, 0.6) is 0 Å². The van der Waals surface area contributed by atoms with E-state index in [2.05, 4.69) is 123 Å². The van der Waals surface area contributed by atoms with Gasteiger partial charge in [-0.25, -0.2) is 0 Å². The number of carbonyl (C=O) groups excluding carboxylic acids is 2. The van der Waals surface area contributed by atoms with E-state index in [1.165, 1.54) is 57.8 Å². The summed E-state index contributed by atoms with van der Waals surface area (Å²) in [6, 6.07) is 0. The maximum absolute atomic E-state index is 12.2. The molecule has 5 nitrogen and oxygen atoms in total. The predicted octanol–water partition coefficient (Wildman–Crippen LogP) is 15.4. The molecule has 5 heteroatoms. The fourth-order valence-electron chi connectivity index (χ4n) is 6.10. The van der Waals surface area contributed by atoms with Gasteiger partial charge in [0, 0.05) is 12.8 Å². The van der Waals surface area contributed by atoms with E-state index < -0.39 is 6.10 Å². The summed E-state index contributed by atoms with van der Waals surface area (Å²) >= 11 is 0. The number of aliphatic hydroxyl groups excluding tert-OH is 1. The second-order valence-corrected chi connectivity index (χ2v) is 15.1. The molecule has 0 amide bonds. The van der Waals surface area contributed by atoms with Gasteiger partial charge in [0.1, 0.15) is 6.61 Å². The van der Waals surface area contributed by atoms with Gasteiger partial charge in [-0.05, 0) is 96.3 Å². The molecule has 0 bridgehead atoms. The van der Waals surface area contributed by atoms with Crippen molar-refractivity contribution in [3.8, 4) is 0 Å². The fourth-order valence-corrected chi connectivity index (χ4v) is 6.10. The lowest BCUT2D eigenvalue weighted by Crippen LogP contribution is -2.28. The Kier molecular flexibility index (Phi) is 45.1. The molecule has 1 unspecified atom stereocenters. The Bertz CT molecular complexity index is 1180. The Morgan fingerprint density at radius 2 is 0.690 bits per heavy atom. The molecule has 0 saturated carbocycles. The quantitative estimate of drug-likeness (QED) is 0.0379. The molecule has 0 fully saturated rings. The Morgan fingerprint density at radius 3 is 1.03 bits per heavy atom. The molecule has 0 aliphatic heterocycles. The standard InChI is InChI=1S/C53H86O5/c1-3-5-7-9-11-13-15-17-19-21-22-23-24-25-26-27-28-29-30-32-34-36-38-40-42-44-46-48-53(56)58-51(49-54)50-57-52(55)47-45-43-41-39-37-35-33-31-20-18-16-14-12-10-8-6-4-2/h5-8,11-14,17-20,22-23,25-26,33,35,51,54H,3-4,9-10,15-16,21,24,27-32,34,36-50H2,1-2H3/b7-5-,8-6-,13-11-,14-12-,19-17-,20-18-,23-22-,26-25-,35-33-. The van der Waals surface area contributed by atoms with E-state index in [-0.39, 0.29) is 25.2 Å². The van der Waals surface area contributed by atoms with Gasteiger partial charge in [0.25, 0.3) is 0 Å². The average Bonchev–Trinajstić information content (AvgIpc) is 3.23. The smallest absolute Gasteiger partial charge is 0.306 e. The lowest BCUT2D eigenvalue weighted by atomic mass is 10.0. The van der Waals surface area contributed by atoms with E-state index in [0.29, 0.717) is 12.8 Å². The molecule has 1 atom stereocenters. The third kappa shape index (κ3) is 45.3. The van der Waals surface area contributed by atoms with Crippen molar-refractivity contribution in [2.24, 2.45) is 0 Å². The zero-order chi connectivity index (χ0) is 42.1. The first-order chi connectivity index (χ1) is 28.6. The van der Waals surface area contributed by atoms with E-state index in [0.717, 1.165) is 109 Å². The molecule has 0 aromatic rings. The molecule has 0 heterocycles. The number of hydrogen-bond acceptors (Lipinski definition) is 5. The highest BCUT2D eigenvalue weighted by Crippen LogP contribution is 2.14. The Hall–Kier alpha value is -3.44. The summed E-state index contributed by atoms with van der Waals surface area (Å²) in [5.41, 5.74) is 0. The van der Waals surface area contributed by atoms with Crippen LogP contribution in [0.1, 0.15) is 194 Å². The first kappa shape index (κ1) is 54.6. The van der Waals surface area contributed by atoms with Crippen molar-refractivity contribution in [3.05, 3.63) is 109 Å². The lowest BCUT2D eigenvalue weighted by molar-refractivity contribution is -0.161. The van der Waals surface area contributed by atoms with Crippen LogP contribution in [-0.2, 0) is 19.1 Å². The molecule has 58 heavy (non-hydrogen) atoms. The molecule has 0 aliphatic rings. The van der Waals surface area contributed by atoms with Crippen LogP contribution in [0.3, 0.4) is 0 Å². The number of ether oxygens (including phenoxy) is 2. The Balaban J connectivity index is 3.59. The van der Waals surface area contributed by atoms with E-state index in [9.17, 15) is 14.7 Å². The highest BCUT2D eigenvalue weighted by Gasteiger charge is 2.16. The van der Waals surface area contributed by atoms with Gasteiger partial charge in [-0.15, -0.1) is 0 Å². The van der Waals surface area contributed by atoms with Crippen LogP contribution >= 0.6 is 0 Å². The van der Waals surface area contributed by atoms with Crippen molar-refractivity contribution in [1.82, 2.24) is 0 Å². The highest BCUT2D eigenvalue weighted by molar-refractivity contribution is 5.70. The first-order valence-electron chi connectivity index (χ1n) is 23.4. The van der Waals surface area contributed by atoms with Gasteiger partial charge >= 0.3 is 11.9 Å². The second-order valence-electron chi connectivity index (χ2n) is 15.1. The van der Waals surface area contributed by atoms with Gasteiger partial charge in [0.2, 0.25) is 0 Å². The van der Waals surface area contributed by atoms with Gasteiger partial charge < -0.3 is 14.6 Å². The molecule has 0 saturated heterocycles. The maximum Gasteiger partial charge on any atom is 0.306 e. The average molecular weight is 803 g/mol. The zero-order valence-electron chi connectivity index (χ0n) is 37.3. The molecule has 0 radical (unpaired) electrons. The van der Waals surface area contributed by atoms with Gasteiger partial charge in [0.05, 0.1) is 6.61 Å².